The fourth-order valence-electron chi connectivity index (χ4n) is 2.48. The molecule has 1 aliphatic rings. The summed E-state index contributed by atoms with van der Waals surface area (Å²) in [6, 6.07) is 8.08. The van der Waals surface area contributed by atoms with Crippen molar-refractivity contribution in [3.8, 4) is 0 Å². The molecule has 0 spiro atoms. The zero-order valence-corrected chi connectivity index (χ0v) is 9.66. The van der Waals surface area contributed by atoms with E-state index in [9.17, 15) is 5.11 Å². The predicted octanol–water partition coefficient (Wildman–Crippen LogP) is 3.36. The summed E-state index contributed by atoms with van der Waals surface area (Å²) in [7, 11) is 0. The summed E-state index contributed by atoms with van der Waals surface area (Å²) in [5.41, 5.74) is 1.40. The van der Waals surface area contributed by atoms with Crippen LogP contribution in [-0.4, -0.2) is 5.11 Å². The molecule has 1 aromatic heterocycles. The average molecular weight is 216 g/mol. The van der Waals surface area contributed by atoms with Crippen molar-refractivity contribution in [1.29, 1.82) is 0 Å². The van der Waals surface area contributed by atoms with E-state index in [0.717, 1.165) is 29.6 Å². The first kappa shape index (κ1) is 9.91. The lowest BCUT2D eigenvalue weighted by molar-refractivity contribution is 0.106. The molecule has 2 atom stereocenters. The maximum atomic E-state index is 10.3. The second-order valence-corrected chi connectivity index (χ2v) is 4.89. The van der Waals surface area contributed by atoms with Crippen molar-refractivity contribution in [2.45, 2.75) is 32.3 Å². The van der Waals surface area contributed by atoms with Crippen LogP contribution < -0.4 is 0 Å². The first-order chi connectivity index (χ1) is 7.63. The third-order valence-electron chi connectivity index (χ3n) is 3.66. The topological polar surface area (TPSA) is 33.4 Å². The third kappa shape index (κ3) is 1.30. The number of hydrogen-bond acceptors (Lipinski definition) is 2. The Morgan fingerprint density at radius 1 is 1.44 bits per heavy atom. The molecule has 0 bridgehead atoms. The quantitative estimate of drug-likeness (QED) is 0.835. The molecular formula is C14H16O2. The predicted molar refractivity (Wildman–Crippen MR) is 63.2 cm³/mol. The van der Waals surface area contributed by atoms with E-state index in [1.54, 1.807) is 0 Å². The monoisotopic (exact) mass is 216 g/mol. The minimum atomic E-state index is -0.693. The van der Waals surface area contributed by atoms with Gasteiger partial charge in [0.2, 0.25) is 0 Å². The van der Waals surface area contributed by atoms with Gasteiger partial charge in [-0.3, -0.25) is 0 Å². The van der Waals surface area contributed by atoms with Crippen LogP contribution in [0.2, 0.25) is 0 Å². The van der Waals surface area contributed by atoms with E-state index in [-0.39, 0.29) is 0 Å². The van der Waals surface area contributed by atoms with Gasteiger partial charge in [0.25, 0.3) is 0 Å². The molecular weight excluding hydrogens is 200 g/mol. The Balaban J connectivity index is 2.06. The molecule has 1 N–H and O–H groups in total. The Morgan fingerprint density at radius 2 is 2.25 bits per heavy atom. The van der Waals surface area contributed by atoms with Crippen LogP contribution >= 0.6 is 0 Å². The van der Waals surface area contributed by atoms with E-state index in [1.807, 2.05) is 18.2 Å². The van der Waals surface area contributed by atoms with E-state index in [0.29, 0.717) is 5.92 Å². The molecule has 1 heterocycles. The largest absolute Gasteiger partial charge is 0.458 e. The molecule has 1 saturated carbocycles. The summed E-state index contributed by atoms with van der Waals surface area (Å²) in [5.74, 6) is 1.11. The molecule has 0 amide bonds. The van der Waals surface area contributed by atoms with Gasteiger partial charge in [-0.2, -0.15) is 0 Å². The van der Waals surface area contributed by atoms with Gasteiger partial charge in [-0.05, 0) is 43.9 Å². The van der Waals surface area contributed by atoms with E-state index in [2.05, 4.69) is 19.9 Å². The molecule has 2 unspecified atom stereocenters. The first-order valence-electron chi connectivity index (χ1n) is 5.86. The van der Waals surface area contributed by atoms with Crippen LogP contribution in [0, 0.1) is 12.8 Å². The maximum Gasteiger partial charge on any atom is 0.137 e. The van der Waals surface area contributed by atoms with E-state index in [4.69, 9.17) is 4.42 Å². The van der Waals surface area contributed by atoms with Crippen LogP contribution in [0.25, 0.3) is 11.0 Å². The lowest BCUT2D eigenvalue weighted by atomic mass is 10.1. The molecule has 0 saturated heterocycles. The molecule has 2 aromatic rings. The first-order valence-corrected chi connectivity index (χ1v) is 5.86. The maximum absolute atomic E-state index is 10.3. The van der Waals surface area contributed by atoms with Crippen molar-refractivity contribution in [2.24, 2.45) is 5.92 Å². The van der Waals surface area contributed by atoms with Crippen molar-refractivity contribution in [3.05, 3.63) is 35.6 Å². The Morgan fingerprint density at radius 3 is 2.94 bits per heavy atom. The van der Waals surface area contributed by atoms with Gasteiger partial charge in [0.05, 0.1) is 0 Å². The fraction of sp³-hybridized carbons (Fsp3) is 0.429. The molecule has 0 radical (unpaired) electrons. The van der Waals surface area contributed by atoms with Gasteiger partial charge < -0.3 is 9.52 Å². The standard InChI is InChI=1S/C14H16O2/c1-3-11-8-14(11,15)13-7-10-6-9(2)4-5-12(10)16-13/h4-7,11,15H,3,8H2,1-2H3. The molecule has 84 valence electrons. The van der Waals surface area contributed by atoms with Crippen molar-refractivity contribution >= 4 is 11.0 Å². The number of rotatable bonds is 2. The lowest BCUT2D eigenvalue weighted by Gasteiger charge is -2.04. The molecule has 1 aliphatic carbocycles. The van der Waals surface area contributed by atoms with Gasteiger partial charge in [0.15, 0.2) is 0 Å². The summed E-state index contributed by atoms with van der Waals surface area (Å²) >= 11 is 0. The Hall–Kier alpha value is -1.28. The van der Waals surface area contributed by atoms with Gasteiger partial charge in [-0.15, -0.1) is 0 Å². The Bertz CT molecular complexity index is 541. The van der Waals surface area contributed by atoms with E-state index < -0.39 is 5.60 Å². The van der Waals surface area contributed by atoms with E-state index in [1.165, 1.54) is 5.56 Å². The number of aliphatic hydroxyl groups is 1. The normalized spacial score (nSPS) is 28.6. The van der Waals surface area contributed by atoms with Crippen LogP contribution in [-0.2, 0) is 5.60 Å². The highest BCUT2D eigenvalue weighted by molar-refractivity contribution is 5.79. The molecule has 3 rings (SSSR count). The van der Waals surface area contributed by atoms with Crippen molar-refractivity contribution < 1.29 is 9.52 Å². The molecule has 2 heteroatoms. The van der Waals surface area contributed by atoms with Crippen LogP contribution in [0.1, 0.15) is 31.1 Å². The van der Waals surface area contributed by atoms with Gasteiger partial charge >= 0.3 is 0 Å². The SMILES string of the molecule is CCC1CC1(O)c1cc2cc(C)ccc2o1. The highest BCUT2D eigenvalue weighted by Crippen LogP contribution is 2.54. The second-order valence-electron chi connectivity index (χ2n) is 4.89. The Kier molecular flexibility index (Phi) is 1.93. The van der Waals surface area contributed by atoms with Crippen molar-refractivity contribution in [2.75, 3.05) is 0 Å². The minimum Gasteiger partial charge on any atom is -0.458 e. The van der Waals surface area contributed by atoms with Gasteiger partial charge in [-0.1, -0.05) is 18.6 Å². The van der Waals surface area contributed by atoms with Gasteiger partial charge in [0, 0.05) is 5.39 Å². The number of benzene rings is 1. The smallest absolute Gasteiger partial charge is 0.137 e. The highest BCUT2D eigenvalue weighted by atomic mass is 16.4. The van der Waals surface area contributed by atoms with Crippen LogP contribution in [0.5, 0.6) is 0 Å². The molecule has 1 aromatic carbocycles. The summed E-state index contributed by atoms with van der Waals surface area (Å²) in [5, 5.41) is 11.4. The summed E-state index contributed by atoms with van der Waals surface area (Å²) in [6.07, 6.45) is 1.84. The molecule has 16 heavy (non-hydrogen) atoms. The van der Waals surface area contributed by atoms with Crippen molar-refractivity contribution in [1.82, 2.24) is 0 Å². The van der Waals surface area contributed by atoms with Gasteiger partial charge in [0.1, 0.15) is 16.9 Å². The zero-order chi connectivity index (χ0) is 11.3. The van der Waals surface area contributed by atoms with Crippen LogP contribution in [0.15, 0.2) is 28.7 Å². The van der Waals surface area contributed by atoms with Crippen molar-refractivity contribution in [3.63, 3.8) is 0 Å². The fourth-order valence-corrected chi connectivity index (χ4v) is 2.48. The minimum absolute atomic E-state index is 0.370. The van der Waals surface area contributed by atoms with E-state index >= 15 is 0 Å². The number of furan rings is 1. The number of fused-ring (bicyclic) bond motifs is 1. The molecule has 2 nitrogen and oxygen atoms in total. The summed E-state index contributed by atoms with van der Waals surface area (Å²) in [6.45, 7) is 4.17. The third-order valence-corrected chi connectivity index (χ3v) is 3.66. The zero-order valence-electron chi connectivity index (χ0n) is 9.66. The molecule has 1 fully saturated rings. The summed E-state index contributed by atoms with van der Waals surface area (Å²) in [4.78, 5) is 0. The van der Waals surface area contributed by atoms with Gasteiger partial charge in [-0.25, -0.2) is 0 Å². The highest BCUT2D eigenvalue weighted by Gasteiger charge is 2.55. The average Bonchev–Trinajstić information content (AvgIpc) is 2.76. The van der Waals surface area contributed by atoms with Crippen LogP contribution in [0.3, 0.4) is 0 Å². The Labute approximate surface area is 94.9 Å². The second kappa shape index (κ2) is 3.11. The summed E-state index contributed by atoms with van der Waals surface area (Å²) < 4.78 is 5.73. The molecule has 0 aliphatic heterocycles. The van der Waals surface area contributed by atoms with Crippen LogP contribution in [0.4, 0.5) is 0 Å². The lowest BCUT2D eigenvalue weighted by Crippen LogP contribution is -2.06. The number of hydrogen-bond donors (Lipinski definition) is 1. The number of aryl methyl sites for hydroxylation is 1.